The van der Waals surface area contributed by atoms with Gasteiger partial charge >= 0.3 is 18.9 Å². The Balaban J connectivity index is 0. The molecule has 1 rings (SSSR count). The zero-order valence-electron chi connectivity index (χ0n) is 11.4. The van der Waals surface area contributed by atoms with E-state index in [-0.39, 0.29) is 20.3 Å². The topological polar surface area (TPSA) is 0 Å². The minimum Gasteiger partial charge on any atom is -1.00 e. The molecule has 0 heterocycles. The van der Waals surface area contributed by atoms with Gasteiger partial charge in [-0.05, 0) is 24.6 Å². The summed E-state index contributed by atoms with van der Waals surface area (Å²) >= 11 is 0. The molecule has 0 spiro atoms. The summed E-state index contributed by atoms with van der Waals surface area (Å²) in [5, 5.41) is 1.63. The van der Waals surface area contributed by atoms with Crippen LogP contribution in [0.3, 0.4) is 0 Å². The molecule has 0 unspecified atom stereocenters. The van der Waals surface area contributed by atoms with E-state index >= 15 is 0 Å². The van der Waals surface area contributed by atoms with E-state index in [1.165, 1.54) is 0 Å². The monoisotopic (exact) mass is 224 g/mol. The van der Waals surface area contributed by atoms with Crippen LogP contribution in [0.5, 0.6) is 0 Å². The third kappa shape index (κ3) is 3.52. The summed E-state index contributed by atoms with van der Waals surface area (Å²) in [6.45, 7) is 11.7. The number of allylic oxidation sites excluding steroid dienone is 7. The van der Waals surface area contributed by atoms with Gasteiger partial charge in [0.1, 0.15) is 0 Å². The molecular formula is C14H21LiSi. The average molecular weight is 224 g/mol. The van der Waals surface area contributed by atoms with Crippen LogP contribution in [0.4, 0.5) is 0 Å². The molecule has 0 radical (unpaired) electrons. The first-order valence-corrected chi connectivity index (χ1v) is 8.10. The van der Waals surface area contributed by atoms with E-state index in [1.807, 2.05) is 0 Å². The molecule has 0 aromatic carbocycles. The predicted molar refractivity (Wildman–Crippen MR) is 73.7 cm³/mol. The summed E-state index contributed by atoms with van der Waals surface area (Å²) in [7, 11) is -1.42. The Morgan fingerprint density at radius 3 is 1.94 bits per heavy atom. The van der Waals surface area contributed by atoms with Crippen molar-refractivity contribution in [2.24, 2.45) is 0 Å². The standard InChI is InChI=1S/C14H20Si.Li.H/c1-4-11-15(12-5-2,13-6-3)14-9-7-8-10-14;;/h4-9H,1-3,10-13H2;;/q;+1;-1. The minimum absolute atomic E-state index is 0. The van der Waals surface area contributed by atoms with E-state index in [0.29, 0.717) is 0 Å². The van der Waals surface area contributed by atoms with Crippen molar-refractivity contribution in [2.45, 2.75) is 24.6 Å². The summed E-state index contributed by atoms with van der Waals surface area (Å²) in [5.41, 5.74) is 0. The Morgan fingerprint density at radius 1 is 1.12 bits per heavy atom. The van der Waals surface area contributed by atoms with Crippen molar-refractivity contribution in [3.05, 3.63) is 61.4 Å². The van der Waals surface area contributed by atoms with Gasteiger partial charge < -0.3 is 1.43 Å². The molecule has 0 nitrogen and oxygen atoms in total. The molecule has 2 heteroatoms. The van der Waals surface area contributed by atoms with Gasteiger partial charge in [-0.25, -0.2) is 0 Å². The van der Waals surface area contributed by atoms with Gasteiger partial charge in [-0.2, -0.15) is 0 Å². The van der Waals surface area contributed by atoms with Gasteiger partial charge in [0, 0.05) is 0 Å². The maximum Gasteiger partial charge on any atom is 1.00 e. The second-order valence-electron chi connectivity index (χ2n) is 4.08. The summed E-state index contributed by atoms with van der Waals surface area (Å²) in [6, 6.07) is 3.41. The van der Waals surface area contributed by atoms with E-state index in [2.05, 4.69) is 56.2 Å². The van der Waals surface area contributed by atoms with E-state index < -0.39 is 8.07 Å². The number of hydrogen-bond donors (Lipinski definition) is 0. The van der Waals surface area contributed by atoms with Crippen molar-refractivity contribution in [3.8, 4) is 0 Å². The molecule has 0 aromatic heterocycles. The minimum atomic E-state index is -1.42. The summed E-state index contributed by atoms with van der Waals surface area (Å²) in [6.07, 6.45) is 14.0. The van der Waals surface area contributed by atoms with E-state index in [4.69, 9.17) is 0 Å². The Morgan fingerprint density at radius 2 is 1.62 bits per heavy atom. The van der Waals surface area contributed by atoms with Gasteiger partial charge in [-0.3, -0.25) is 0 Å². The molecule has 1 aliphatic rings. The van der Waals surface area contributed by atoms with Crippen LogP contribution in [0.25, 0.3) is 0 Å². The van der Waals surface area contributed by atoms with Gasteiger partial charge in [-0.15, -0.1) is 19.7 Å². The van der Waals surface area contributed by atoms with Crippen LogP contribution >= 0.6 is 0 Å². The number of rotatable bonds is 7. The van der Waals surface area contributed by atoms with Gasteiger partial charge in [-0.1, -0.05) is 41.7 Å². The van der Waals surface area contributed by atoms with Crippen LogP contribution in [0, 0.1) is 0 Å². The molecule has 16 heavy (non-hydrogen) atoms. The summed E-state index contributed by atoms with van der Waals surface area (Å²) in [4.78, 5) is 0. The van der Waals surface area contributed by atoms with Crippen molar-refractivity contribution >= 4 is 8.07 Å². The predicted octanol–water partition coefficient (Wildman–Crippen LogP) is 1.54. The molecule has 82 valence electrons. The second kappa shape index (κ2) is 7.73. The van der Waals surface area contributed by atoms with Gasteiger partial charge in [0.2, 0.25) is 0 Å². The first-order valence-electron chi connectivity index (χ1n) is 5.48. The zero-order valence-corrected chi connectivity index (χ0v) is 11.4. The van der Waals surface area contributed by atoms with Crippen LogP contribution in [-0.2, 0) is 0 Å². The van der Waals surface area contributed by atoms with Crippen molar-refractivity contribution in [2.75, 3.05) is 0 Å². The molecule has 0 fully saturated rings. The average Bonchev–Trinajstić information content (AvgIpc) is 2.72. The molecule has 0 bridgehead atoms. The van der Waals surface area contributed by atoms with Crippen LogP contribution in [0.15, 0.2) is 61.4 Å². The molecule has 0 N–H and O–H groups in total. The Hall–Kier alpha value is -0.486. The van der Waals surface area contributed by atoms with Gasteiger partial charge in [0.05, 0.1) is 8.07 Å². The zero-order chi connectivity index (χ0) is 11.1. The first kappa shape index (κ1) is 15.5. The van der Waals surface area contributed by atoms with E-state index in [1.54, 1.807) is 5.20 Å². The largest absolute Gasteiger partial charge is 1.00 e. The molecule has 0 saturated carbocycles. The molecule has 0 aromatic rings. The van der Waals surface area contributed by atoms with Crippen molar-refractivity contribution in [1.82, 2.24) is 0 Å². The molecular weight excluding hydrogens is 203 g/mol. The SMILES string of the molecule is C=CC[Si](CC=C)(CC=C)C1=CC=CC1.[H-].[Li+]. The van der Waals surface area contributed by atoms with Crippen LogP contribution < -0.4 is 18.9 Å². The van der Waals surface area contributed by atoms with E-state index in [0.717, 1.165) is 24.6 Å². The van der Waals surface area contributed by atoms with Crippen molar-refractivity contribution in [3.63, 3.8) is 0 Å². The van der Waals surface area contributed by atoms with Gasteiger partial charge in [0.15, 0.2) is 0 Å². The Labute approximate surface area is 114 Å². The number of hydrogen-bond acceptors (Lipinski definition) is 0. The smallest absolute Gasteiger partial charge is 1.00 e. The first-order chi connectivity index (χ1) is 7.29. The Kier molecular flexibility index (Phi) is 7.50. The Bertz CT molecular complexity index is 292. The van der Waals surface area contributed by atoms with Crippen molar-refractivity contribution in [1.29, 1.82) is 0 Å². The molecule has 0 amide bonds. The molecule has 0 atom stereocenters. The van der Waals surface area contributed by atoms with Gasteiger partial charge in [0.25, 0.3) is 0 Å². The maximum absolute atomic E-state index is 3.90. The fourth-order valence-corrected chi connectivity index (χ4v) is 6.26. The molecule has 0 aliphatic heterocycles. The van der Waals surface area contributed by atoms with E-state index in [9.17, 15) is 0 Å². The third-order valence-electron chi connectivity index (χ3n) is 3.06. The fraction of sp³-hybridized carbons (Fsp3) is 0.286. The summed E-state index contributed by atoms with van der Waals surface area (Å²) in [5.74, 6) is 0. The third-order valence-corrected chi connectivity index (χ3v) is 8.00. The molecule has 0 saturated heterocycles. The summed E-state index contributed by atoms with van der Waals surface area (Å²) < 4.78 is 0. The normalized spacial score (nSPS) is 13.9. The molecule has 1 aliphatic carbocycles. The fourth-order valence-electron chi connectivity index (χ4n) is 2.31. The van der Waals surface area contributed by atoms with Crippen LogP contribution in [0.2, 0.25) is 18.1 Å². The second-order valence-corrected chi connectivity index (χ2v) is 8.51. The van der Waals surface area contributed by atoms with Crippen LogP contribution in [-0.4, -0.2) is 8.07 Å². The quantitative estimate of drug-likeness (QED) is 0.454. The van der Waals surface area contributed by atoms with Crippen molar-refractivity contribution < 1.29 is 20.3 Å². The van der Waals surface area contributed by atoms with Crippen LogP contribution in [0.1, 0.15) is 7.85 Å². The maximum atomic E-state index is 3.90.